The molecule has 0 radical (unpaired) electrons. The Morgan fingerprint density at radius 2 is 2.17 bits per heavy atom. The Labute approximate surface area is 177 Å². The molecule has 0 aliphatic heterocycles. The van der Waals surface area contributed by atoms with Gasteiger partial charge in [-0.1, -0.05) is 48.4 Å². The average molecular weight is 427 g/mol. The van der Waals surface area contributed by atoms with Crippen molar-refractivity contribution in [3.8, 4) is 17.4 Å². The SMILES string of the molecule is CCCCc1nnc(NC(=O)/C(C#N)=C\c2ccc(-c3ccc(C)c(Cl)c3)o2)s1. The van der Waals surface area contributed by atoms with Crippen LogP contribution in [0.3, 0.4) is 0 Å². The van der Waals surface area contributed by atoms with Crippen molar-refractivity contribution in [3.63, 3.8) is 0 Å². The minimum absolute atomic E-state index is 0.0850. The summed E-state index contributed by atoms with van der Waals surface area (Å²) in [7, 11) is 0. The molecule has 0 aliphatic rings. The van der Waals surface area contributed by atoms with Gasteiger partial charge in [-0.2, -0.15) is 5.26 Å². The monoisotopic (exact) mass is 426 g/mol. The lowest BCUT2D eigenvalue weighted by Gasteiger charge is -2.01. The molecule has 0 saturated heterocycles. The molecule has 148 valence electrons. The van der Waals surface area contributed by atoms with Gasteiger partial charge in [0.05, 0.1) is 0 Å². The fourth-order valence-electron chi connectivity index (χ4n) is 2.52. The van der Waals surface area contributed by atoms with Crippen molar-refractivity contribution in [2.24, 2.45) is 0 Å². The van der Waals surface area contributed by atoms with Crippen LogP contribution in [-0.2, 0) is 11.2 Å². The van der Waals surface area contributed by atoms with E-state index in [-0.39, 0.29) is 5.57 Å². The summed E-state index contributed by atoms with van der Waals surface area (Å²) in [6, 6.07) is 11.0. The Morgan fingerprint density at radius 3 is 2.90 bits per heavy atom. The van der Waals surface area contributed by atoms with Gasteiger partial charge in [0.15, 0.2) is 0 Å². The highest BCUT2D eigenvalue weighted by molar-refractivity contribution is 7.15. The highest BCUT2D eigenvalue weighted by Crippen LogP contribution is 2.27. The van der Waals surface area contributed by atoms with E-state index < -0.39 is 5.91 Å². The van der Waals surface area contributed by atoms with Crippen molar-refractivity contribution in [2.45, 2.75) is 33.1 Å². The zero-order valence-electron chi connectivity index (χ0n) is 16.0. The standard InChI is InChI=1S/C21H19ClN4O2S/c1-3-4-5-19-25-26-21(29-19)24-20(27)15(12-23)10-16-8-9-18(28-16)14-7-6-13(2)17(22)11-14/h6-11H,3-5H2,1-2H3,(H,24,26,27)/b15-10-. The van der Waals surface area contributed by atoms with Crippen LogP contribution in [0, 0.1) is 18.3 Å². The Morgan fingerprint density at radius 1 is 1.34 bits per heavy atom. The summed E-state index contributed by atoms with van der Waals surface area (Å²) in [4.78, 5) is 12.4. The molecular weight excluding hydrogens is 408 g/mol. The van der Waals surface area contributed by atoms with Crippen LogP contribution in [0.4, 0.5) is 5.13 Å². The summed E-state index contributed by atoms with van der Waals surface area (Å²) >= 11 is 7.48. The van der Waals surface area contributed by atoms with Crippen LogP contribution in [0.5, 0.6) is 0 Å². The molecule has 0 atom stereocenters. The number of hydrogen-bond donors (Lipinski definition) is 1. The van der Waals surface area contributed by atoms with E-state index in [0.717, 1.165) is 35.4 Å². The minimum atomic E-state index is -0.554. The van der Waals surface area contributed by atoms with Crippen LogP contribution in [0.25, 0.3) is 17.4 Å². The molecule has 0 saturated carbocycles. The summed E-state index contributed by atoms with van der Waals surface area (Å²) in [6.07, 6.45) is 4.29. The molecule has 3 aromatic rings. The highest BCUT2D eigenvalue weighted by Gasteiger charge is 2.14. The number of amides is 1. The van der Waals surface area contributed by atoms with Crippen molar-refractivity contribution >= 4 is 40.1 Å². The predicted molar refractivity (Wildman–Crippen MR) is 115 cm³/mol. The Bertz CT molecular complexity index is 1090. The second-order valence-electron chi connectivity index (χ2n) is 6.39. The Hall–Kier alpha value is -2.95. The molecule has 0 spiro atoms. The molecule has 0 fully saturated rings. The number of hydrogen-bond acceptors (Lipinski definition) is 6. The normalized spacial score (nSPS) is 11.3. The second kappa shape index (κ2) is 9.50. The van der Waals surface area contributed by atoms with Gasteiger partial charge in [-0.05, 0) is 37.1 Å². The lowest BCUT2D eigenvalue weighted by atomic mass is 10.1. The molecule has 0 unspecified atom stereocenters. The summed E-state index contributed by atoms with van der Waals surface area (Å²) in [5.74, 6) is 0.437. The van der Waals surface area contributed by atoms with Crippen LogP contribution < -0.4 is 5.32 Å². The molecule has 2 aromatic heterocycles. The lowest BCUT2D eigenvalue weighted by molar-refractivity contribution is -0.112. The maximum atomic E-state index is 12.4. The number of carbonyl (C=O) groups is 1. The van der Waals surface area contributed by atoms with Gasteiger partial charge in [0, 0.05) is 23.1 Å². The predicted octanol–water partition coefficient (Wildman–Crippen LogP) is 5.65. The number of anilines is 1. The number of unbranched alkanes of at least 4 members (excludes halogenated alkanes) is 1. The number of carbonyl (C=O) groups excluding carboxylic acids is 1. The quantitative estimate of drug-likeness (QED) is 0.389. The number of nitrogens with zero attached hydrogens (tertiary/aromatic N) is 3. The van der Waals surface area contributed by atoms with E-state index in [1.807, 2.05) is 31.2 Å². The second-order valence-corrected chi connectivity index (χ2v) is 7.86. The number of rotatable bonds is 7. The third-order valence-electron chi connectivity index (χ3n) is 4.17. The maximum Gasteiger partial charge on any atom is 0.268 e. The van der Waals surface area contributed by atoms with Gasteiger partial charge in [-0.25, -0.2) is 0 Å². The fraction of sp³-hybridized carbons (Fsp3) is 0.238. The number of nitrogens with one attached hydrogen (secondary N) is 1. The first kappa shape index (κ1) is 20.8. The topological polar surface area (TPSA) is 91.8 Å². The molecule has 1 aromatic carbocycles. The van der Waals surface area contributed by atoms with E-state index >= 15 is 0 Å². The van der Waals surface area contributed by atoms with Crippen molar-refractivity contribution in [2.75, 3.05) is 5.32 Å². The number of nitriles is 1. The van der Waals surface area contributed by atoms with Gasteiger partial charge >= 0.3 is 0 Å². The molecule has 2 heterocycles. The summed E-state index contributed by atoms with van der Waals surface area (Å²) in [5, 5.41) is 21.9. The molecule has 0 aliphatic carbocycles. The smallest absolute Gasteiger partial charge is 0.268 e. The number of aromatic nitrogens is 2. The molecule has 6 nitrogen and oxygen atoms in total. The first-order valence-electron chi connectivity index (χ1n) is 9.12. The number of furan rings is 1. The molecule has 1 N–H and O–H groups in total. The largest absolute Gasteiger partial charge is 0.457 e. The van der Waals surface area contributed by atoms with Gasteiger partial charge < -0.3 is 4.42 Å². The van der Waals surface area contributed by atoms with E-state index in [1.54, 1.807) is 12.1 Å². The average Bonchev–Trinajstić information content (AvgIpc) is 3.36. The van der Waals surface area contributed by atoms with E-state index in [4.69, 9.17) is 16.0 Å². The van der Waals surface area contributed by atoms with Gasteiger partial charge in [0.1, 0.15) is 28.2 Å². The van der Waals surface area contributed by atoms with Gasteiger partial charge in [0.2, 0.25) is 5.13 Å². The zero-order chi connectivity index (χ0) is 20.8. The lowest BCUT2D eigenvalue weighted by Crippen LogP contribution is -2.13. The van der Waals surface area contributed by atoms with E-state index in [2.05, 4.69) is 22.4 Å². The molecule has 1 amide bonds. The summed E-state index contributed by atoms with van der Waals surface area (Å²) < 4.78 is 5.75. The van der Waals surface area contributed by atoms with Crippen LogP contribution >= 0.6 is 22.9 Å². The van der Waals surface area contributed by atoms with E-state index in [0.29, 0.717) is 21.7 Å². The van der Waals surface area contributed by atoms with E-state index in [1.165, 1.54) is 17.4 Å². The summed E-state index contributed by atoms with van der Waals surface area (Å²) in [6.45, 7) is 4.02. The number of benzene rings is 1. The molecular formula is C21H19ClN4O2S. The number of halogens is 1. The summed E-state index contributed by atoms with van der Waals surface area (Å²) in [5.41, 5.74) is 1.70. The van der Waals surface area contributed by atoms with Gasteiger partial charge in [-0.15, -0.1) is 10.2 Å². The molecule has 8 heteroatoms. The minimum Gasteiger partial charge on any atom is -0.457 e. The van der Waals surface area contributed by atoms with Crippen LogP contribution in [0.2, 0.25) is 5.02 Å². The first-order valence-corrected chi connectivity index (χ1v) is 10.3. The molecule has 29 heavy (non-hydrogen) atoms. The highest BCUT2D eigenvalue weighted by atomic mass is 35.5. The van der Waals surface area contributed by atoms with Crippen molar-refractivity contribution < 1.29 is 9.21 Å². The van der Waals surface area contributed by atoms with Crippen molar-refractivity contribution in [1.29, 1.82) is 5.26 Å². The molecule has 3 rings (SSSR count). The third kappa shape index (κ3) is 5.31. The third-order valence-corrected chi connectivity index (χ3v) is 5.47. The number of aryl methyl sites for hydroxylation is 2. The fourth-order valence-corrected chi connectivity index (χ4v) is 3.48. The van der Waals surface area contributed by atoms with Crippen molar-refractivity contribution in [1.82, 2.24) is 10.2 Å². The van der Waals surface area contributed by atoms with E-state index in [9.17, 15) is 10.1 Å². The molecule has 0 bridgehead atoms. The Kier molecular flexibility index (Phi) is 6.81. The first-order chi connectivity index (χ1) is 14.0. The van der Waals surface area contributed by atoms with Crippen LogP contribution in [-0.4, -0.2) is 16.1 Å². The maximum absolute atomic E-state index is 12.4. The Balaban J connectivity index is 1.73. The van der Waals surface area contributed by atoms with Crippen molar-refractivity contribution in [3.05, 3.63) is 57.3 Å². The zero-order valence-corrected chi connectivity index (χ0v) is 17.6. The van der Waals surface area contributed by atoms with Crippen LogP contribution in [0.15, 0.2) is 40.3 Å². The van der Waals surface area contributed by atoms with Crippen LogP contribution in [0.1, 0.15) is 36.1 Å². The van der Waals surface area contributed by atoms with Gasteiger partial charge in [0.25, 0.3) is 5.91 Å². The van der Waals surface area contributed by atoms with Gasteiger partial charge in [-0.3, -0.25) is 10.1 Å².